The monoisotopic (exact) mass is 525 g/mol. The first-order valence-corrected chi connectivity index (χ1v) is 11.9. The first kappa shape index (κ1) is 26.7. The molecule has 3 rings (SSSR count). The number of amides is 1. The van der Waals surface area contributed by atoms with Crippen molar-refractivity contribution in [2.24, 2.45) is 0 Å². The summed E-state index contributed by atoms with van der Waals surface area (Å²) in [6, 6.07) is 2.39. The summed E-state index contributed by atoms with van der Waals surface area (Å²) >= 11 is 0. The SMILES string of the molecule is Cc1c(C(F)(F)F)cnc(N2CCOC(C)(C(F)(F)F)C2)c1C(=O)Nc1ccnc(S(C)(=N)=O)c1. The maximum atomic E-state index is 13.6. The molecule has 1 saturated heterocycles. The van der Waals surface area contributed by atoms with Crippen molar-refractivity contribution in [2.45, 2.75) is 36.8 Å². The highest BCUT2D eigenvalue weighted by molar-refractivity contribution is 7.91. The molecule has 0 bridgehead atoms. The summed E-state index contributed by atoms with van der Waals surface area (Å²) in [5.74, 6) is -1.46. The Kier molecular flexibility index (Phi) is 6.80. The van der Waals surface area contributed by atoms with Gasteiger partial charge in [-0.2, -0.15) is 26.3 Å². The Balaban J connectivity index is 2.09. The maximum Gasteiger partial charge on any atom is 0.418 e. The Hall–Kier alpha value is -2.94. The van der Waals surface area contributed by atoms with Crippen LogP contribution in [0.1, 0.15) is 28.4 Å². The fourth-order valence-corrected chi connectivity index (χ4v) is 4.12. The number of hydrogen-bond donors (Lipinski definition) is 2. The molecule has 0 saturated carbocycles. The van der Waals surface area contributed by atoms with Gasteiger partial charge in [0.1, 0.15) is 10.8 Å². The highest BCUT2D eigenvalue weighted by Gasteiger charge is 2.55. The summed E-state index contributed by atoms with van der Waals surface area (Å²) in [5.41, 5.74) is -4.99. The molecular weight excluding hydrogens is 504 g/mol. The minimum absolute atomic E-state index is 0.0216. The van der Waals surface area contributed by atoms with Crippen LogP contribution in [-0.2, 0) is 20.6 Å². The van der Waals surface area contributed by atoms with Gasteiger partial charge in [-0.05, 0) is 31.5 Å². The van der Waals surface area contributed by atoms with Gasteiger partial charge >= 0.3 is 12.4 Å². The molecule has 2 unspecified atom stereocenters. The number of alkyl halides is 6. The van der Waals surface area contributed by atoms with Crippen LogP contribution in [0.15, 0.2) is 29.6 Å². The Morgan fingerprint density at radius 1 is 1.26 bits per heavy atom. The minimum Gasteiger partial charge on any atom is -0.362 e. The molecule has 2 aromatic heterocycles. The summed E-state index contributed by atoms with van der Waals surface area (Å²) in [6.07, 6.45) is -6.95. The molecule has 15 heteroatoms. The highest BCUT2D eigenvalue weighted by Crippen LogP contribution is 2.40. The third kappa shape index (κ3) is 5.50. The zero-order valence-electron chi connectivity index (χ0n) is 18.7. The van der Waals surface area contributed by atoms with Crippen LogP contribution < -0.4 is 10.2 Å². The molecule has 1 fully saturated rings. The number of ether oxygens (including phenoxy) is 1. The van der Waals surface area contributed by atoms with Crippen molar-refractivity contribution in [2.75, 3.05) is 36.2 Å². The molecule has 0 radical (unpaired) electrons. The van der Waals surface area contributed by atoms with Crippen molar-refractivity contribution in [1.82, 2.24) is 9.97 Å². The number of morpholine rings is 1. The van der Waals surface area contributed by atoms with E-state index in [1.54, 1.807) is 0 Å². The molecular formula is C20H21F6N5O3S. The fraction of sp³-hybridized carbons (Fsp3) is 0.450. The zero-order valence-corrected chi connectivity index (χ0v) is 19.5. The summed E-state index contributed by atoms with van der Waals surface area (Å²) in [5, 5.41) is 2.17. The van der Waals surface area contributed by atoms with Gasteiger partial charge in [0, 0.05) is 30.9 Å². The van der Waals surface area contributed by atoms with Crippen molar-refractivity contribution >= 4 is 27.1 Å². The van der Waals surface area contributed by atoms with E-state index in [4.69, 9.17) is 9.52 Å². The normalized spacial score (nSPS) is 20.9. The number of nitrogens with zero attached hydrogens (tertiary/aromatic N) is 3. The number of halogens is 6. The van der Waals surface area contributed by atoms with Crippen LogP contribution in [0.3, 0.4) is 0 Å². The third-order valence-electron chi connectivity index (χ3n) is 5.42. The lowest BCUT2D eigenvalue weighted by Gasteiger charge is -2.42. The van der Waals surface area contributed by atoms with E-state index in [1.165, 1.54) is 6.07 Å². The lowest BCUT2D eigenvalue weighted by atomic mass is 10.00. The summed E-state index contributed by atoms with van der Waals surface area (Å²) in [4.78, 5) is 21.7. The van der Waals surface area contributed by atoms with Gasteiger partial charge in [-0.1, -0.05) is 0 Å². The number of rotatable bonds is 4. The number of nitrogens with one attached hydrogen (secondary N) is 2. The van der Waals surface area contributed by atoms with Crippen molar-refractivity contribution < 1.29 is 40.1 Å². The van der Waals surface area contributed by atoms with Gasteiger partial charge in [0.25, 0.3) is 5.91 Å². The standard InChI is InChI=1S/C20H21F6N5O3S/c1-11-13(19(21,22)23)9-29-16(31-6-7-34-18(2,10-31)20(24,25)26)15(11)17(32)30-12-4-5-28-14(8-12)35(3,27)33/h4-5,8-9,27H,6-7,10H2,1-3H3,(H,28,30,32). The number of pyridine rings is 2. The Morgan fingerprint density at radius 2 is 1.91 bits per heavy atom. The van der Waals surface area contributed by atoms with Crippen LogP contribution >= 0.6 is 0 Å². The van der Waals surface area contributed by atoms with Gasteiger partial charge in [0.15, 0.2) is 5.60 Å². The van der Waals surface area contributed by atoms with Crippen LogP contribution in [0.2, 0.25) is 0 Å². The second-order valence-electron chi connectivity index (χ2n) is 8.17. The van der Waals surface area contributed by atoms with Crippen LogP contribution in [0.5, 0.6) is 0 Å². The van der Waals surface area contributed by atoms with E-state index in [0.717, 1.165) is 37.3 Å². The average Bonchev–Trinajstić information content (AvgIpc) is 2.71. The van der Waals surface area contributed by atoms with Gasteiger partial charge in [0.2, 0.25) is 0 Å². The third-order valence-corrected chi connectivity index (χ3v) is 6.44. The molecule has 0 aliphatic carbocycles. The molecule has 0 aromatic carbocycles. The molecule has 1 amide bonds. The molecule has 1 aliphatic rings. The zero-order chi connectivity index (χ0) is 26.4. The topological polar surface area (TPSA) is 108 Å². The summed E-state index contributed by atoms with van der Waals surface area (Å²) in [6.45, 7) is 0.468. The maximum absolute atomic E-state index is 13.6. The second kappa shape index (κ2) is 8.93. The van der Waals surface area contributed by atoms with E-state index in [9.17, 15) is 35.3 Å². The molecule has 2 N–H and O–H groups in total. The Morgan fingerprint density at radius 3 is 2.49 bits per heavy atom. The molecule has 0 spiro atoms. The van der Waals surface area contributed by atoms with Crippen LogP contribution in [0.4, 0.5) is 37.8 Å². The Labute approximate surface area is 196 Å². The minimum atomic E-state index is -4.88. The van der Waals surface area contributed by atoms with Crippen LogP contribution in [0.25, 0.3) is 0 Å². The van der Waals surface area contributed by atoms with E-state index in [1.807, 2.05) is 0 Å². The van der Waals surface area contributed by atoms with E-state index in [0.29, 0.717) is 6.20 Å². The van der Waals surface area contributed by atoms with Crippen molar-refractivity contribution in [1.29, 1.82) is 4.78 Å². The quantitative estimate of drug-likeness (QED) is 0.578. The number of aromatic nitrogens is 2. The van der Waals surface area contributed by atoms with Crippen molar-refractivity contribution in [3.63, 3.8) is 0 Å². The van der Waals surface area contributed by atoms with Crippen LogP contribution in [0, 0.1) is 11.7 Å². The molecule has 3 heterocycles. The van der Waals surface area contributed by atoms with Gasteiger partial charge in [-0.3, -0.25) is 4.79 Å². The lowest BCUT2D eigenvalue weighted by molar-refractivity contribution is -0.272. The van der Waals surface area contributed by atoms with Gasteiger partial charge in [-0.15, -0.1) is 0 Å². The van der Waals surface area contributed by atoms with Gasteiger partial charge in [0.05, 0.1) is 34.0 Å². The van der Waals surface area contributed by atoms with Gasteiger partial charge < -0.3 is 15.0 Å². The molecule has 2 atom stereocenters. The second-order valence-corrected chi connectivity index (χ2v) is 10.3. The highest BCUT2D eigenvalue weighted by atomic mass is 32.2. The number of carbonyl (C=O) groups is 1. The Bertz CT molecular complexity index is 1250. The summed E-state index contributed by atoms with van der Waals surface area (Å²) < 4.78 is 106. The smallest absolute Gasteiger partial charge is 0.362 e. The average molecular weight is 525 g/mol. The first-order valence-electron chi connectivity index (χ1n) is 9.98. The van der Waals surface area contributed by atoms with Crippen molar-refractivity contribution in [3.8, 4) is 0 Å². The van der Waals surface area contributed by atoms with Gasteiger partial charge in [-0.25, -0.2) is 19.0 Å². The molecule has 8 nitrogen and oxygen atoms in total. The van der Waals surface area contributed by atoms with Crippen LogP contribution in [-0.4, -0.2) is 57.8 Å². The van der Waals surface area contributed by atoms with E-state index < -0.39 is 63.4 Å². The number of anilines is 2. The fourth-order valence-electron chi connectivity index (χ4n) is 3.50. The predicted octanol–water partition coefficient (Wildman–Crippen LogP) is 4.25. The molecule has 1 aliphatic heterocycles. The van der Waals surface area contributed by atoms with E-state index in [-0.39, 0.29) is 23.1 Å². The van der Waals surface area contributed by atoms with E-state index >= 15 is 0 Å². The first-order chi connectivity index (χ1) is 15.9. The largest absolute Gasteiger partial charge is 0.418 e. The number of carbonyl (C=O) groups excluding carboxylic acids is 1. The molecule has 192 valence electrons. The molecule has 35 heavy (non-hydrogen) atoms. The van der Waals surface area contributed by atoms with Crippen molar-refractivity contribution in [3.05, 3.63) is 41.2 Å². The molecule has 2 aromatic rings. The van der Waals surface area contributed by atoms with E-state index in [2.05, 4.69) is 15.3 Å². The number of hydrogen-bond acceptors (Lipinski definition) is 7. The lowest BCUT2D eigenvalue weighted by Crippen LogP contribution is -2.58. The predicted molar refractivity (Wildman–Crippen MR) is 114 cm³/mol. The summed E-state index contributed by atoms with van der Waals surface area (Å²) in [7, 11) is -3.26.